The van der Waals surface area contributed by atoms with Crippen molar-refractivity contribution >= 4 is 38.5 Å². The van der Waals surface area contributed by atoms with Crippen molar-refractivity contribution in [1.82, 2.24) is 9.97 Å². The van der Waals surface area contributed by atoms with Crippen LogP contribution in [0.3, 0.4) is 0 Å². The molecule has 0 N–H and O–H groups in total. The van der Waals surface area contributed by atoms with Crippen molar-refractivity contribution < 1.29 is 22.4 Å². The van der Waals surface area contributed by atoms with Gasteiger partial charge in [0.25, 0.3) is 0 Å². The van der Waals surface area contributed by atoms with E-state index in [0.29, 0.717) is 0 Å². The molecule has 0 saturated heterocycles. The summed E-state index contributed by atoms with van der Waals surface area (Å²) in [6, 6.07) is 0. The summed E-state index contributed by atoms with van der Waals surface area (Å²) in [7, 11) is 0. The molecule has 1 aromatic heterocycles. The first-order valence-corrected chi connectivity index (χ1v) is 3.79. The molecule has 1 rings (SSSR count). The fourth-order valence-corrected chi connectivity index (χ4v) is 0.780. The zero-order chi connectivity index (χ0) is 5.98. The molecule has 0 saturated carbocycles. The third kappa shape index (κ3) is 3.67. The van der Waals surface area contributed by atoms with Crippen LogP contribution in [0.15, 0.2) is 16.9 Å². The number of aromatic nitrogens is 2. The first-order valence-electron chi connectivity index (χ1n) is 1.92. The van der Waals surface area contributed by atoms with Gasteiger partial charge in [0.1, 0.15) is 0 Å². The standard InChI is InChI=1S/C4H2BrIN2.Au/c5-3-1-7-4(6)8-2-3;/h1-2H;. The molecule has 0 aromatic carbocycles. The van der Waals surface area contributed by atoms with Gasteiger partial charge >= 0.3 is 0 Å². The van der Waals surface area contributed by atoms with Gasteiger partial charge in [0.15, 0.2) is 3.83 Å². The number of hydrogen-bond acceptors (Lipinski definition) is 2. The van der Waals surface area contributed by atoms with Crippen LogP contribution in [0.4, 0.5) is 0 Å². The Balaban J connectivity index is 0.000000640. The SMILES string of the molecule is Brc1cnc(I)nc1.[Au]. The van der Waals surface area contributed by atoms with Crippen LogP contribution in [0.5, 0.6) is 0 Å². The average Bonchev–Trinajstić information content (AvgIpc) is 1.77. The minimum Gasteiger partial charge on any atom is -0.230 e. The van der Waals surface area contributed by atoms with Crippen molar-refractivity contribution in [2.45, 2.75) is 0 Å². The smallest absolute Gasteiger partial charge is 0.190 e. The Morgan fingerprint density at radius 3 is 2.11 bits per heavy atom. The van der Waals surface area contributed by atoms with Crippen LogP contribution in [0.25, 0.3) is 0 Å². The van der Waals surface area contributed by atoms with Crippen LogP contribution in [0.2, 0.25) is 0 Å². The van der Waals surface area contributed by atoms with E-state index < -0.39 is 0 Å². The van der Waals surface area contributed by atoms with E-state index in [-0.39, 0.29) is 22.4 Å². The van der Waals surface area contributed by atoms with E-state index in [1.807, 2.05) is 0 Å². The molecule has 0 amide bonds. The topological polar surface area (TPSA) is 25.8 Å². The van der Waals surface area contributed by atoms with Crippen molar-refractivity contribution in [3.05, 3.63) is 20.7 Å². The van der Waals surface area contributed by atoms with Crippen LogP contribution in [0.1, 0.15) is 0 Å². The third-order valence-corrected chi connectivity index (χ3v) is 1.56. The molecule has 53 valence electrons. The molecule has 1 aromatic rings. The summed E-state index contributed by atoms with van der Waals surface area (Å²) >= 11 is 5.27. The van der Waals surface area contributed by atoms with Gasteiger partial charge in [-0.2, -0.15) is 0 Å². The van der Waals surface area contributed by atoms with Crippen molar-refractivity contribution in [1.29, 1.82) is 0 Å². The van der Waals surface area contributed by atoms with Gasteiger partial charge in [-0.3, -0.25) is 0 Å². The van der Waals surface area contributed by atoms with Crippen LogP contribution in [-0.2, 0) is 22.4 Å². The Kier molecular flexibility index (Phi) is 5.33. The van der Waals surface area contributed by atoms with Crippen molar-refractivity contribution in [2.24, 2.45) is 0 Å². The van der Waals surface area contributed by atoms with Crippen LogP contribution >= 0.6 is 38.5 Å². The molecular formula is C4H2AuBrIN2. The van der Waals surface area contributed by atoms with E-state index in [1.165, 1.54) is 0 Å². The summed E-state index contributed by atoms with van der Waals surface area (Å²) in [6.45, 7) is 0. The molecular weight excluding hydrogens is 480 g/mol. The van der Waals surface area contributed by atoms with Crippen LogP contribution in [0, 0.1) is 3.83 Å². The zero-order valence-corrected chi connectivity index (χ0v) is 10.0. The molecule has 0 aliphatic rings. The first kappa shape index (κ1) is 10.0. The van der Waals surface area contributed by atoms with E-state index in [4.69, 9.17) is 0 Å². The minimum absolute atomic E-state index is 0. The molecule has 0 bridgehead atoms. The summed E-state index contributed by atoms with van der Waals surface area (Å²) in [5, 5.41) is 0. The normalized spacial score (nSPS) is 8.22. The van der Waals surface area contributed by atoms with Gasteiger partial charge in [0.2, 0.25) is 0 Å². The van der Waals surface area contributed by atoms with Gasteiger partial charge in [-0.1, -0.05) is 0 Å². The van der Waals surface area contributed by atoms with Crippen LogP contribution in [-0.4, -0.2) is 9.97 Å². The van der Waals surface area contributed by atoms with E-state index in [1.54, 1.807) is 12.4 Å². The number of hydrogen-bond donors (Lipinski definition) is 0. The predicted molar refractivity (Wildman–Crippen MR) is 42.4 cm³/mol. The molecule has 0 unspecified atom stereocenters. The van der Waals surface area contributed by atoms with E-state index in [0.717, 1.165) is 8.30 Å². The fourth-order valence-electron chi connectivity index (χ4n) is 0.297. The zero-order valence-electron chi connectivity index (χ0n) is 4.11. The number of halogens is 2. The Bertz CT molecular complexity index is 157. The Morgan fingerprint density at radius 2 is 1.78 bits per heavy atom. The first-order chi connectivity index (χ1) is 3.79. The maximum Gasteiger partial charge on any atom is 0.190 e. The molecule has 9 heavy (non-hydrogen) atoms. The predicted octanol–water partition coefficient (Wildman–Crippen LogP) is 1.84. The van der Waals surface area contributed by atoms with Crippen molar-refractivity contribution in [2.75, 3.05) is 0 Å². The summed E-state index contributed by atoms with van der Waals surface area (Å²) in [5.74, 6) is 0. The number of rotatable bonds is 0. The molecule has 1 heterocycles. The quantitative estimate of drug-likeness (QED) is 0.321. The Hall–Kier alpha value is 1.03. The van der Waals surface area contributed by atoms with Crippen molar-refractivity contribution in [3.63, 3.8) is 0 Å². The number of nitrogens with zero attached hydrogens (tertiary/aromatic N) is 2. The molecule has 0 aliphatic carbocycles. The van der Waals surface area contributed by atoms with Crippen LogP contribution < -0.4 is 0 Å². The monoisotopic (exact) mass is 481 g/mol. The Morgan fingerprint density at radius 1 is 1.33 bits per heavy atom. The summed E-state index contributed by atoms with van der Waals surface area (Å²) in [4.78, 5) is 7.81. The van der Waals surface area contributed by atoms with Gasteiger partial charge in [-0.15, -0.1) is 0 Å². The fraction of sp³-hybridized carbons (Fsp3) is 0. The molecule has 0 fully saturated rings. The van der Waals surface area contributed by atoms with Gasteiger partial charge in [0, 0.05) is 57.4 Å². The largest absolute Gasteiger partial charge is 0.230 e. The van der Waals surface area contributed by atoms with E-state index in [9.17, 15) is 0 Å². The summed E-state index contributed by atoms with van der Waals surface area (Å²) in [6.07, 6.45) is 3.43. The van der Waals surface area contributed by atoms with Crippen molar-refractivity contribution in [3.8, 4) is 0 Å². The second kappa shape index (κ2) is 4.79. The second-order valence-corrected chi connectivity index (χ2v) is 3.05. The molecule has 0 atom stereocenters. The van der Waals surface area contributed by atoms with Gasteiger partial charge in [-0.25, -0.2) is 9.97 Å². The summed E-state index contributed by atoms with van der Waals surface area (Å²) in [5.41, 5.74) is 0. The molecule has 1 radical (unpaired) electrons. The van der Waals surface area contributed by atoms with E-state index >= 15 is 0 Å². The van der Waals surface area contributed by atoms with Gasteiger partial charge < -0.3 is 0 Å². The molecule has 0 spiro atoms. The Labute approximate surface area is 90.6 Å². The average molecular weight is 482 g/mol. The molecule has 5 heteroatoms. The second-order valence-electron chi connectivity index (χ2n) is 1.17. The van der Waals surface area contributed by atoms with Gasteiger partial charge in [0.05, 0.1) is 4.47 Å². The summed E-state index contributed by atoms with van der Waals surface area (Å²) < 4.78 is 1.68. The minimum atomic E-state index is 0. The molecule has 0 aliphatic heterocycles. The van der Waals surface area contributed by atoms with Gasteiger partial charge in [-0.05, 0) is 15.9 Å². The maximum absolute atomic E-state index is 3.91. The maximum atomic E-state index is 3.91. The van der Waals surface area contributed by atoms with E-state index in [2.05, 4.69) is 48.5 Å². The molecule has 2 nitrogen and oxygen atoms in total. The third-order valence-electron chi connectivity index (χ3n) is 0.589.